The molecule has 11 amide bonds. The minimum Gasteiger partial charge on any atom is -0.480 e. The second-order valence-electron chi connectivity index (χ2n) is 26.2. The largest absolute Gasteiger partial charge is 3.00 e. The van der Waals surface area contributed by atoms with Gasteiger partial charge in [-0.05, 0) is 45.6 Å². The van der Waals surface area contributed by atoms with Crippen molar-refractivity contribution in [1.29, 1.82) is 0 Å². The van der Waals surface area contributed by atoms with Crippen molar-refractivity contribution >= 4 is 131 Å². The van der Waals surface area contributed by atoms with Crippen molar-refractivity contribution in [2.75, 3.05) is 153 Å². The minimum absolute atomic E-state index is 0. The Bertz CT molecular complexity index is 3650. The first-order valence-electron chi connectivity index (χ1n) is 36.0. The summed E-state index contributed by atoms with van der Waals surface area (Å²) in [6.45, 7) is -2.60. The molecule has 116 heavy (non-hydrogen) atoms. The predicted octanol–water partition coefficient (Wildman–Crippen LogP) is -12.6. The van der Waals surface area contributed by atoms with Gasteiger partial charge in [-0.3, -0.25) is 101 Å². The molecule has 1 unspecified atom stereocenters. The number of carbonyl (C=O) groups excluding carboxylic acids is 11. The summed E-state index contributed by atoms with van der Waals surface area (Å²) in [6, 6.07) is -17.2. The van der Waals surface area contributed by atoms with Gasteiger partial charge in [-0.2, -0.15) is 25.3 Å². The smallest absolute Gasteiger partial charge is 0.480 e. The number of nitrogens with one attached hydrogen (secondary N) is 12. The summed E-state index contributed by atoms with van der Waals surface area (Å²) in [5, 5.41) is 104. The fraction of sp³-hybridized carbons (Fsp3) is 0.646. The monoisotopic (exact) mass is 1830 g/mol. The summed E-state index contributed by atoms with van der Waals surface area (Å²) in [5.74, 6) is -20.3. The first-order valence-corrected chi connectivity index (χ1v) is 37.3. The number of carboxylic acids is 5. The number of H-pyrrole nitrogens is 1. The Morgan fingerprint density at radius 1 is 0.509 bits per heavy atom. The topological polar surface area (TPSA) is 740 Å². The van der Waals surface area contributed by atoms with Gasteiger partial charge in [-0.25, -0.2) is 9.78 Å². The standard InChI is InChI=1S/C65H104N20O28S2.Gd/c1-34(88)51(65(110)111)81-63(107)43(32-115)80-61(105)41(29-87)78-59(103)39(23-46(68)90)75-56(100)36(5-2-3-7-66)74-58(102)38(22-45(67)89)76-62(106)42(31-114)79-60(104)40(28-86)77-57(101)37(21-35-24-69-33-72-35)73-47(91)30-113-20-19-112-18-9-71-53-52(54(98)55(53)99)70-8-4-6-44(64(108)109)85-16-14-83(26-49(94)95)12-10-82(25-48(92)93)11-13-84(15-17-85)27-50(96)97;/h24,33-34,36-44,51,70-71,86-88,114-115H,2-23,25-32,66H2,1H3,(H2,67,89)(H2,68,90)(H,69,72)(H,73,91)(H,74,102)(H,75,100)(H,76,106)(H,77,101)(H,78,103)(H,79,104)(H,80,105)(H,81,107)(H,92,93)(H,94,95)(H,96,97)(H,108,109)(H,110,111);/q;+3/t34-,36+,37+,38+,39+,40+,41+,42+,43+,44?,51+;/m1./s1. The number of imidazole rings is 1. The van der Waals surface area contributed by atoms with Crippen LogP contribution in [0.5, 0.6) is 0 Å². The molecule has 3 rings (SSSR count). The van der Waals surface area contributed by atoms with Gasteiger partial charge in [0.05, 0.1) is 77.9 Å². The minimum atomic E-state index is -1.95. The van der Waals surface area contributed by atoms with Gasteiger partial charge in [0.15, 0.2) is 6.04 Å². The Balaban J connectivity index is 0.0000456. The van der Waals surface area contributed by atoms with Crippen LogP contribution < -0.4 is 86.5 Å². The first-order chi connectivity index (χ1) is 54.5. The number of ether oxygens (including phenoxy) is 2. The maximum atomic E-state index is 14.0. The van der Waals surface area contributed by atoms with E-state index in [9.17, 15) is 127 Å². The number of anilines is 2. The Hall–Kier alpha value is -8.97. The number of hydrogen-bond acceptors (Lipinski definition) is 33. The zero-order chi connectivity index (χ0) is 86.0. The molecule has 0 spiro atoms. The molecule has 1 aliphatic rings. The Morgan fingerprint density at radius 2 is 0.914 bits per heavy atom. The number of rotatable bonds is 55. The molecule has 1 radical (unpaired) electrons. The second kappa shape index (κ2) is 54.9. The van der Waals surface area contributed by atoms with Crippen molar-refractivity contribution in [2.24, 2.45) is 17.2 Å². The average molecular weight is 1840 g/mol. The Kier molecular flexibility index (Phi) is 48.8. The molecule has 48 nitrogen and oxygen atoms in total. The molecule has 1 aromatic carbocycles. The van der Waals surface area contributed by atoms with E-state index in [1.807, 2.05) is 5.32 Å². The third-order valence-corrected chi connectivity index (χ3v) is 18.0. The van der Waals surface area contributed by atoms with E-state index in [1.54, 1.807) is 19.6 Å². The number of aliphatic hydroxyl groups is 3. The number of aliphatic hydroxyl groups excluding tert-OH is 3. The molecule has 1 aliphatic heterocycles. The SMILES string of the molecule is C[C@@H](O)[C@H](NC(=O)[C@H](CS)NC(=O)[C@H](CO)NC(=O)[C@H](CC(N)=O)NC(=O)[C@H](CCCCN)NC(=O)[C@H](CC(N)=O)NC(=O)[C@H](CS)NC(=O)[C@H](CO)NC(=O)[C@H](Cc1cnc[nH]1)NC(=O)COCCOCCNc1c(NCCCC(C(=O)O)N2CCN(CC(=O)O)CCN(CC(=O)O)CCN(CC(=O)O)CC2)c(=O)c1=O)C(=O)O.[Gd+3]. The molecule has 1 saturated heterocycles. The quantitative estimate of drug-likeness (QED) is 0.0166. The number of carbonyl (C=O) groups is 16. The van der Waals surface area contributed by atoms with E-state index in [0.29, 0.717) is 5.69 Å². The first kappa shape index (κ1) is 103. The molecular formula is C65H104GdN20O28S2+3. The molecule has 51 heteroatoms. The molecule has 1 aromatic heterocycles. The molecule has 2 aromatic rings. The van der Waals surface area contributed by atoms with Crippen LogP contribution in [0.3, 0.4) is 0 Å². The molecule has 0 aliphatic carbocycles. The van der Waals surface area contributed by atoms with Crippen LogP contribution in [-0.2, 0) is 92.6 Å². The summed E-state index contributed by atoms with van der Waals surface area (Å²) in [6.07, 6.45) is -0.990. The number of thiol groups is 2. The number of carboxylic acid groups (broad SMARTS) is 5. The number of amides is 11. The van der Waals surface area contributed by atoms with Crippen molar-refractivity contribution in [3.63, 3.8) is 0 Å². The summed E-state index contributed by atoms with van der Waals surface area (Å²) in [4.78, 5) is 244. The number of aliphatic carboxylic acids is 5. The van der Waals surface area contributed by atoms with Crippen LogP contribution in [0.1, 0.15) is 57.6 Å². The van der Waals surface area contributed by atoms with Crippen LogP contribution in [-0.4, -0.2) is 375 Å². The van der Waals surface area contributed by atoms with Gasteiger partial charge in [-0.1, -0.05) is 0 Å². The summed E-state index contributed by atoms with van der Waals surface area (Å²) >= 11 is 8.08. The zero-order valence-electron chi connectivity index (χ0n) is 63.2. The number of primary amides is 2. The van der Waals surface area contributed by atoms with Gasteiger partial charge in [0.25, 0.3) is 10.9 Å². The zero-order valence-corrected chi connectivity index (χ0v) is 67.2. The summed E-state index contributed by atoms with van der Waals surface area (Å²) in [5.41, 5.74) is 15.0. The number of aromatic amines is 1. The van der Waals surface area contributed by atoms with E-state index < -0.39 is 229 Å². The van der Waals surface area contributed by atoms with Crippen molar-refractivity contribution in [3.05, 3.63) is 38.7 Å². The van der Waals surface area contributed by atoms with Crippen LogP contribution in [0.25, 0.3) is 0 Å². The van der Waals surface area contributed by atoms with Crippen LogP contribution in [0.15, 0.2) is 22.1 Å². The van der Waals surface area contributed by atoms with E-state index in [2.05, 4.69) is 88.4 Å². The van der Waals surface area contributed by atoms with Crippen LogP contribution >= 0.6 is 25.3 Å². The van der Waals surface area contributed by atoms with Gasteiger partial charge in [0, 0.05) is 95.3 Å². The fourth-order valence-electron chi connectivity index (χ4n) is 11.2. The van der Waals surface area contributed by atoms with Crippen molar-refractivity contribution in [2.45, 2.75) is 125 Å². The van der Waals surface area contributed by atoms with E-state index in [4.69, 9.17) is 26.7 Å². The number of nitrogens with two attached hydrogens (primary N) is 3. The Morgan fingerprint density at radius 3 is 1.33 bits per heavy atom. The van der Waals surface area contributed by atoms with Gasteiger partial charge in [0.1, 0.15) is 72.4 Å². The normalized spacial score (nSPS) is 16.0. The molecular weight excluding hydrogens is 1730 g/mol. The molecule has 26 N–H and O–H groups in total. The van der Waals surface area contributed by atoms with E-state index in [0.717, 1.165) is 6.92 Å². The average Bonchev–Trinajstić information content (AvgIpc) is 0.794. The number of aromatic nitrogens is 2. The third-order valence-electron chi connectivity index (χ3n) is 17.3. The van der Waals surface area contributed by atoms with Crippen molar-refractivity contribution in [3.8, 4) is 0 Å². The van der Waals surface area contributed by atoms with Gasteiger partial charge in [0.2, 0.25) is 65.0 Å². The third kappa shape index (κ3) is 38.0. The number of unbranched alkanes of at least 4 members (excludes halogenated alkanes) is 1. The molecule has 0 saturated carbocycles. The van der Waals surface area contributed by atoms with Crippen LogP contribution in [0.2, 0.25) is 0 Å². The molecule has 1 fully saturated rings. The van der Waals surface area contributed by atoms with Gasteiger partial charge >= 0.3 is 69.8 Å². The molecule has 649 valence electrons. The van der Waals surface area contributed by atoms with Crippen molar-refractivity contribution < 1.29 is 167 Å². The van der Waals surface area contributed by atoms with Crippen LogP contribution in [0.4, 0.5) is 11.4 Å². The fourth-order valence-corrected chi connectivity index (χ4v) is 11.7. The van der Waals surface area contributed by atoms with E-state index >= 15 is 0 Å². The predicted molar refractivity (Wildman–Crippen MR) is 406 cm³/mol. The van der Waals surface area contributed by atoms with Gasteiger partial charge < -0.3 is 131 Å². The maximum Gasteiger partial charge on any atom is 3.00 e. The molecule has 11 atom stereocenters. The summed E-state index contributed by atoms with van der Waals surface area (Å²) in [7, 11) is 0. The molecule has 2 heterocycles. The van der Waals surface area contributed by atoms with E-state index in [1.165, 1.54) is 12.5 Å². The molecule has 0 bridgehead atoms. The van der Waals surface area contributed by atoms with Crippen molar-refractivity contribution in [1.82, 2.24) is 77.4 Å². The summed E-state index contributed by atoms with van der Waals surface area (Å²) < 4.78 is 11.0. The van der Waals surface area contributed by atoms with E-state index in [-0.39, 0.29) is 188 Å². The number of nitrogens with zero attached hydrogens (tertiary/aromatic N) is 5. The Labute approximate surface area is 705 Å². The second-order valence-corrected chi connectivity index (χ2v) is 26.9. The number of hydrogen-bond donors (Lipinski definition) is 25. The van der Waals surface area contributed by atoms with Crippen LogP contribution in [0, 0.1) is 39.9 Å². The van der Waals surface area contributed by atoms with Gasteiger partial charge in [-0.15, -0.1) is 0 Å². The maximum absolute atomic E-state index is 14.0.